The van der Waals surface area contributed by atoms with Gasteiger partial charge in [0.2, 0.25) is 0 Å². The predicted octanol–water partition coefficient (Wildman–Crippen LogP) is 3.92. The van der Waals surface area contributed by atoms with Gasteiger partial charge >= 0.3 is 0 Å². The fraction of sp³-hybridized carbons (Fsp3) is 0.625. The molecular formula is C16H25NO. The lowest BCUT2D eigenvalue weighted by atomic mass is 9.91. The summed E-state index contributed by atoms with van der Waals surface area (Å²) in [5.74, 6) is 0.924. The van der Waals surface area contributed by atoms with Crippen molar-refractivity contribution in [3.63, 3.8) is 0 Å². The summed E-state index contributed by atoms with van der Waals surface area (Å²) in [6.07, 6.45) is 3.92. The molecule has 2 heteroatoms. The Hall–Kier alpha value is -1.02. The number of hydrogen-bond acceptors (Lipinski definition) is 2. The highest BCUT2D eigenvalue weighted by Gasteiger charge is 2.31. The SMILES string of the molecule is COc1ccc([C@@H](C)NC2CCC(C)(C)C2)cc1. The molecule has 0 aromatic heterocycles. The first-order valence-corrected chi connectivity index (χ1v) is 6.90. The van der Waals surface area contributed by atoms with Gasteiger partial charge < -0.3 is 10.1 Å². The second-order valence-corrected chi connectivity index (χ2v) is 6.27. The highest BCUT2D eigenvalue weighted by molar-refractivity contribution is 5.28. The van der Waals surface area contributed by atoms with Crippen LogP contribution in [0.5, 0.6) is 5.75 Å². The molecule has 1 fully saturated rings. The molecule has 100 valence electrons. The van der Waals surface area contributed by atoms with Gasteiger partial charge in [-0.1, -0.05) is 26.0 Å². The van der Waals surface area contributed by atoms with Gasteiger partial charge in [-0.25, -0.2) is 0 Å². The van der Waals surface area contributed by atoms with Crippen LogP contribution in [0.2, 0.25) is 0 Å². The van der Waals surface area contributed by atoms with Crippen molar-refractivity contribution in [2.45, 2.75) is 52.1 Å². The molecule has 0 bridgehead atoms. The zero-order chi connectivity index (χ0) is 13.2. The number of hydrogen-bond donors (Lipinski definition) is 1. The standard InChI is InChI=1S/C16H25NO/c1-12(13-5-7-15(18-4)8-6-13)17-14-9-10-16(2,3)11-14/h5-8,12,14,17H,9-11H2,1-4H3/t12-,14?/m1/s1. The van der Waals surface area contributed by atoms with Crippen molar-refractivity contribution < 1.29 is 4.74 Å². The summed E-state index contributed by atoms with van der Waals surface area (Å²) in [5, 5.41) is 3.75. The van der Waals surface area contributed by atoms with Crippen LogP contribution in [-0.4, -0.2) is 13.2 Å². The van der Waals surface area contributed by atoms with Gasteiger partial charge in [0.05, 0.1) is 7.11 Å². The van der Waals surface area contributed by atoms with Crippen molar-refractivity contribution in [3.05, 3.63) is 29.8 Å². The molecule has 2 atom stereocenters. The van der Waals surface area contributed by atoms with E-state index in [9.17, 15) is 0 Å². The zero-order valence-electron chi connectivity index (χ0n) is 12.0. The molecule has 1 N–H and O–H groups in total. The Morgan fingerprint density at radius 3 is 2.44 bits per heavy atom. The Balaban J connectivity index is 1.93. The monoisotopic (exact) mass is 247 g/mol. The maximum absolute atomic E-state index is 5.19. The molecule has 1 aliphatic carbocycles. The van der Waals surface area contributed by atoms with E-state index in [1.54, 1.807) is 7.11 Å². The molecule has 18 heavy (non-hydrogen) atoms. The van der Waals surface area contributed by atoms with Gasteiger partial charge in [-0.15, -0.1) is 0 Å². The van der Waals surface area contributed by atoms with Gasteiger partial charge in [0.25, 0.3) is 0 Å². The van der Waals surface area contributed by atoms with E-state index >= 15 is 0 Å². The highest BCUT2D eigenvalue weighted by atomic mass is 16.5. The fourth-order valence-corrected chi connectivity index (χ4v) is 2.92. The normalized spacial score (nSPS) is 23.9. The molecule has 1 aliphatic rings. The molecule has 0 spiro atoms. The molecule has 2 nitrogen and oxygen atoms in total. The van der Waals surface area contributed by atoms with E-state index in [2.05, 4.69) is 38.2 Å². The van der Waals surface area contributed by atoms with E-state index in [0.29, 0.717) is 17.5 Å². The van der Waals surface area contributed by atoms with Crippen LogP contribution in [0.15, 0.2) is 24.3 Å². The van der Waals surface area contributed by atoms with Crippen molar-refractivity contribution in [3.8, 4) is 5.75 Å². The summed E-state index contributed by atoms with van der Waals surface area (Å²) in [7, 11) is 1.71. The van der Waals surface area contributed by atoms with E-state index < -0.39 is 0 Å². The molecule has 0 heterocycles. The largest absolute Gasteiger partial charge is 0.497 e. The van der Waals surface area contributed by atoms with Crippen LogP contribution >= 0.6 is 0 Å². The minimum absolute atomic E-state index is 0.412. The van der Waals surface area contributed by atoms with E-state index in [1.165, 1.54) is 24.8 Å². The summed E-state index contributed by atoms with van der Waals surface area (Å²) >= 11 is 0. The summed E-state index contributed by atoms with van der Waals surface area (Å²) in [4.78, 5) is 0. The lowest BCUT2D eigenvalue weighted by Gasteiger charge is -2.22. The van der Waals surface area contributed by atoms with Crippen molar-refractivity contribution in [2.75, 3.05) is 7.11 Å². The summed E-state index contributed by atoms with van der Waals surface area (Å²) in [5.41, 5.74) is 1.85. The van der Waals surface area contributed by atoms with Crippen molar-refractivity contribution in [1.29, 1.82) is 0 Å². The third-order valence-electron chi connectivity index (χ3n) is 4.07. The van der Waals surface area contributed by atoms with Crippen LogP contribution in [0.3, 0.4) is 0 Å². The van der Waals surface area contributed by atoms with Crippen LogP contribution < -0.4 is 10.1 Å². The van der Waals surface area contributed by atoms with Gasteiger partial charge in [-0.05, 0) is 49.3 Å². The van der Waals surface area contributed by atoms with Crippen LogP contribution in [0.25, 0.3) is 0 Å². The molecule has 0 radical (unpaired) electrons. The molecule has 1 aromatic rings. The summed E-state index contributed by atoms with van der Waals surface area (Å²) in [6.45, 7) is 6.98. The maximum atomic E-state index is 5.19. The van der Waals surface area contributed by atoms with Crippen LogP contribution in [0.1, 0.15) is 51.6 Å². The molecule has 0 amide bonds. The summed E-state index contributed by atoms with van der Waals surface area (Å²) < 4.78 is 5.19. The van der Waals surface area contributed by atoms with Crippen molar-refractivity contribution >= 4 is 0 Å². The van der Waals surface area contributed by atoms with Crippen molar-refractivity contribution in [2.24, 2.45) is 5.41 Å². The van der Waals surface area contributed by atoms with Gasteiger partial charge in [0, 0.05) is 12.1 Å². The molecule has 1 unspecified atom stereocenters. The maximum Gasteiger partial charge on any atom is 0.118 e. The van der Waals surface area contributed by atoms with Crippen LogP contribution in [-0.2, 0) is 0 Å². The zero-order valence-corrected chi connectivity index (χ0v) is 12.0. The van der Waals surface area contributed by atoms with Gasteiger partial charge in [-0.3, -0.25) is 0 Å². The molecule has 0 aliphatic heterocycles. The Labute approximate surface area is 111 Å². The van der Waals surface area contributed by atoms with Gasteiger partial charge in [0.1, 0.15) is 5.75 Å². The van der Waals surface area contributed by atoms with Crippen LogP contribution in [0.4, 0.5) is 0 Å². The Kier molecular flexibility index (Phi) is 3.96. The predicted molar refractivity (Wildman–Crippen MR) is 76.0 cm³/mol. The number of benzene rings is 1. The number of ether oxygens (including phenoxy) is 1. The second-order valence-electron chi connectivity index (χ2n) is 6.27. The Bertz CT molecular complexity index is 383. The lowest BCUT2D eigenvalue weighted by molar-refractivity contribution is 0.356. The minimum Gasteiger partial charge on any atom is -0.497 e. The quantitative estimate of drug-likeness (QED) is 0.870. The van der Waals surface area contributed by atoms with Gasteiger partial charge in [-0.2, -0.15) is 0 Å². The molecule has 0 saturated heterocycles. The van der Waals surface area contributed by atoms with E-state index in [4.69, 9.17) is 4.74 Å². The molecule has 1 aromatic carbocycles. The van der Waals surface area contributed by atoms with Crippen LogP contribution in [0, 0.1) is 5.41 Å². The highest BCUT2D eigenvalue weighted by Crippen LogP contribution is 2.37. The van der Waals surface area contributed by atoms with E-state index in [1.807, 2.05) is 12.1 Å². The first kappa shape index (κ1) is 13.4. The second kappa shape index (κ2) is 5.31. The van der Waals surface area contributed by atoms with Crippen molar-refractivity contribution in [1.82, 2.24) is 5.32 Å². The first-order valence-electron chi connectivity index (χ1n) is 6.90. The average molecular weight is 247 g/mol. The van der Waals surface area contributed by atoms with E-state index in [-0.39, 0.29) is 0 Å². The number of nitrogens with one attached hydrogen (secondary N) is 1. The molecule has 2 rings (SSSR count). The minimum atomic E-state index is 0.412. The summed E-state index contributed by atoms with van der Waals surface area (Å²) in [6, 6.07) is 9.44. The average Bonchev–Trinajstić information content (AvgIpc) is 2.68. The molecule has 1 saturated carbocycles. The third-order valence-corrected chi connectivity index (χ3v) is 4.07. The van der Waals surface area contributed by atoms with E-state index in [0.717, 1.165) is 5.75 Å². The van der Waals surface area contributed by atoms with Gasteiger partial charge in [0.15, 0.2) is 0 Å². The smallest absolute Gasteiger partial charge is 0.118 e. The topological polar surface area (TPSA) is 21.3 Å². The fourth-order valence-electron chi connectivity index (χ4n) is 2.92. The Morgan fingerprint density at radius 2 is 1.94 bits per heavy atom. The number of rotatable bonds is 4. The lowest BCUT2D eigenvalue weighted by Crippen LogP contribution is -2.30. The molecular weight excluding hydrogens is 222 g/mol. The first-order chi connectivity index (χ1) is 8.50. The third kappa shape index (κ3) is 3.26. The number of methoxy groups -OCH3 is 1. The Morgan fingerprint density at radius 1 is 1.28 bits per heavy atom.